The van der Waals surface area contributed by atoms with Gasteiger partial charge in [0.05, 0.1) is 5.69 Å². The quantitative estimate of drug-likeness (QED) is 0.297. The van der Waals surface area contributed by atoms with Crippen LogP contribution in [0.2, 0.25) is 0 Å². The van der Waals surface area contributed by atoms with Gasteiger partial charge in [0.15, 0.2) is 5.96 Å². The van der Waals surface area contributed by atoms with Gasteiger partial charge in [0.25, 0.3) is 5.91 Å². The number of guanidine groups is 1. The molecule has 152 valence electrons. The minimum atomic E-state index is -1.15. The van der Waals surface area contributed by atoms with Crippen LogP contribution in [0.25, 0.3) is 0 Å². The number of nitrogens with two attached hydrogens (primary N) is 2. The number of amides is 3. The van der Waals surface area contributed by atoms with Gasteiger partial charge >= 0.3 is 12.0 Å². The molecule has 2 aromatic carbocycles. The smallest absolute Gasteiger partial charge is 0.326 e. The van der Waals surface area contributed by atoms with Crippen molar-refractivity contribution in [3.63, 3.8) is 0 Å². The third kappa shape index (κ3) is 6.54. The molecule has 10 nitrogen and oxygen atoms in total. The van der Waals surface area contributed by atoms with Crippen LogP contribution in [0, 0.1) is 0 Å². The van der Waals surface area contributed by atoms with E-state index in [0.29, 0.717) is 22.5 Å². The number of carbonyl (C=O) groups is 3. The number of carboxylic acid groups (broad SMARTS) is 1. The Morgan fingerprint density at radius 2 is 1.79 bits per heavy atom. The molecular formula is C19H22N6O4. The van der Waals surface area contributed by atoms with Crippen molar-refractivity contribution in [2.24, 2.45) is 16.5 Å². The number of nitrogens with one attached hydrogen (secondary N) is 3. The summed E-state index contributed by atoms with van der Waals surface area (Å²) in [5, 5.41) is 16.6. The van der Waals surface area contributed by atoms with Gasteiger partial charge in [-0.05, 0) is 35.9 Å². The van der Waals surface area contributed by atoms with Crippen molar-refractivity contribution in [2.45, 2.75) is 12.5 Å². The highest BCUT2D eigenvalue weighted by atomic mass is 16.4. The zero-order valence-electron chi connectivity index (χ0n) is 15.7. The number of rotatable bonds is 7. The van der Waals surface area contributed by atoms with Crippen molar-refractivity contribution < 1.29 is 19.5 Å². The summed E-state index contributed by atoms with van der Waals surface area (Å²) in [6.07, 6.45) is 0.0948. The van der Waals surface area contributed by atoms with Gasteiger partial charge in [-0.1, -0.05) is 18.2 Å². The van der Waals surface area contributed by atoms with Crippen LogP contribution >= 0.6 is 0 Å². The molecule has 0 aromatic heterocycles. The molecule has 0 radical (unpaired) electrons. The first kappa shape index (κ1) is 21.2. The maximum absolute atomic E-state index is 12.4. The van der Waals surface area contributed by atoms with E-state index < -0.39 is 18.0 Å². The Kier molecular flexibility index (Phi) is 7.13. The summed E-state index contributed by atoms with van der Waals surface area (Å²) in [5.74, 6) is -1.61. The Bertz CT molecular complexity index is 923. The summed E-state index contributed by atoms with van der Waals surface area (Å²) in [6, 6.07) is 11.5. The molecule has 3 amide bonds. The van der Waals surface area contributed by atoms with E-state index in [-0.39, 0.29) is 18.3 Å². The molecule has 0 aliphatic rings. The lowest BCUT2D eigenvalue weighted by atomic mass is 10.1. The molecule has 0 aliphatic heterocycles. The predicted molar refractivity (Wildman–Crippen MR) is 109 cm³/mol. The molecule has 0 saturated carbocycles. The predicted octanol–water partition coefficient (Wildman–Crippen LogP) is 0.768. The van der Waals surface area contributed by atoms with Crippen molar-refractivity contribution in [3.8, 4) is 0 Å². The Morgan fingerprint density at radius 1 is 1.10 bits per heavy atom. The molecule has 2 aromatic rings. The number of aliphatic carboxylic acids is 1. The molecule has 0 spiro atoms. The molecule has 0 aliphatic carbocycles. The van der Waals surface area contributed by atoms with E-state index in [2.05, 4.69) is 20.9 Å². The Morgan fingerprint density at radius 3 is 2.38 bits per heavy atom. The lowest BCUT2D eigenvalue weighted by Gasteiger charge is -2.14. The number of carbonyl (C=O) groups excluding carboxylic acids is 2. The fourth-order valence-electron chi connectivity index (χ4n) is 2.46. The second kappa shape index (κ2) is 9.74. The van der Waals surface area contributed by atoms with E-state index >= 15 is 0 Å². The van der Waals surface area contributed by atoms with Crippen molar-refractivity contribution in [1.29, 1.82) is 0 Å². The number of benzene rings is 2. The fourth-order valence-corrected chi connectivity index (χ4v) is 2.46. The monoisotopic (exact) mass is 398 g/mol. The van der Waals surface area contributed by atoms with Gasteiger partial charge in [-0.25, -0.2) is 14.6 Å². The average molecular weight is 398 g/mol. The van der Waals surface area contributed by atoms with E-state index in [4.69, 9.17) is 11.5 Å². The lowest BCUT2D eigenvalue weighted by Crippen LogP contribution is -2.46. The van der Waals surface area contributed by atoms with Gasteiger partial charge in [0, 0.05) is 24.7 Å². The molecule has 8 N–H and O–H groups in total. The normalized spacial score (nSPS) is 11.1. The Labute approximate surface area is 167 Å². The van der Waals surface area contributed by atoms with Crippen molar-refractivity contribution in [2.75, 3.05) is 12.4 Å². The Hall–Kier alpha value is -4.08. The van der Waals surface area contributed by atoms with Crippen LogP contribution in [0.1, 0.15) is 15.9 Å². The minimum Gasteiger partial charge on any atom is -0.480 e. The number of hydrogen-bond donors (Lipinski definition) is 6. The van der Waals surface area contributed by atoms with E-state index in [1.54, 1.807) is 48.5 Å². The summed E-state index contributed by atoms with van der Waals surface area (Å²) < 4.78 is 0. The lowest BCUT2D eigenvalue weighted by molar-refractivity contribution is -0.139. The first-order chi connectivity index (χ1) is 13.8. The molecule has 29 heavy (non-hydrogen) atoms. The second-order valence-electron chi connectivity index (χ2n) is 6.06. The zero-order chi connectivity index (χ0) is 21.4. The van der Waals surface area contributed by atoms with Gasteiger partial charge in [0.1, 0.15) is 6.04 Å². The number of anilines is 1. The van der Waals surface area contributed by atoms with E-state index in [0.717, 1.165) is 0 Å². The second-order valence-corrected chi connectivity index (χ2v) is 6.06. The largest absolute Gasteiger partial charge is 0.480 e. The van der Waals surface area contributed by atoms with E-state index in [1.807, 2.05) is 0 Å². The van der Waals surface area contributed by atoms with Crippen molar-refractivity contribution in [1.82, 2.24) is 10.6 Å². The molecule has 1 atom stereocenters. The first-order valence-electron chi connectivity index (χ1n) is 8.59. The van der Waals surface area contributed by atoms with Crippen molar-refractivity contribution >= 4 is 35.2 Å². The van der Waals surface area contributed by atoms with E-state index in [9.17, 15) is 19.5 Å². The van der Waals surface area contributed by atoms with Crippen LogP contribution in [-0.2, 0) is 11.2 Å². The molecule has 0 fully saturated rings. The summed E-state index contributed by atoms with van der Waals surface area (Å²) in [4.78, 5) is 39.0. The highest BCUT2D eigenvalue weighted by molar-refractivity contribution is 6.04. The maximum Gasteiger partial charge on any atom is 0.326 e. The summed E-state index contributed by atoms with van der Waals surface area (Å²) in [6.45, 7) is 0. The standard InChI is InChI=1S/C19H22N6O4/c1-22-19(29)25-15(17(27)28)9-11-5-7-13(8-6-11)23-16(26)12-3-2-4-14(10-12)24-18(20)21/h2-8,10,15H,9H2,1H3,(H,23,26)(H,27,28)(H4,20,21,24)(H2,22,25,29). The first-order valence-corrected chi connectivity index (χ1v) is 8.59. The number of urea groups is 1. The van der Waals surface area contributed by atoms with Gasteiger partial charge in [0.2, 0.25) is 0 Å². The molecule has 0 heterocycles. The average Bonchev–Trinajstić information content (AvgIpc) is 2.68. The number of nitrogens with zero attached hydrogens (tertiary/aromatic N) is 1. The zero-order valence-corrected chi connectivity index (χ0v) is 15.7. The van der Waals surface area contributed by atoms with E-state index in [1.165, 1.54) is 7.05 Å². The summed E-state index contributed by atoms with van der Waals surface area (Å²) >= 11 is 0. The van der Waals surface area contributed by atoms with Crippen LogP contribution in [-0.4, -0.2) is 42.1 Å². The van der Waals surface area contributed by atoms with Gasteiger partial charge in [-0.2, -0.15) is 0 Å². The summed E-state index contributed by atoms with van der Waals surface area (Å²) in [5.41, 5.74) is 12.7. The van der Waals surface area contributed by atoms with Gasteiger partial charge in [-0.15, -0.1) is 0 Å². The van der Waals surface area contributed by atoms with Crippen LogP contribution in [0.5, 0.6) is 0 Å². The van der Waals surface area contributed by atoms with Gasteiger partial charge in [-0.3, -0.25) is 4.79 Å². The molecule has 10 heteroatoms. The summed E-state index contributed by atoms with van der Waals surface area (Å²) in [7, 11) is 1.40. The van der Waals surface area contributed by atoms with Crippen LogP contribution in [0.15, 0.2) is 53.5 Å². The molecule has 1 unspecified atom stereocenters. The Balaban J connectivity index is 2.05. The highest BCUT2D eigenvalue weighted by Gasteiger charge is 2.19. The van der Waals surface area contributed by atoms with Crippen LogP contribution in [0.3, 0.4) is 0 Å². The topological polar surface area (TPSA) is 172 Å². The molecule has 2 rings (SSSR count). The van der Waals surface area contributed by atoms with Gasteiger partial charge < -0.3 is 32.5 Å². The molecule has 0 bridgehead atoms. The third-order valence-corrected chi connectivity index (χ3v) is 3.85. The van der Waals surface area contributed by atoms with Crippen LogP contribution in [0.4, 0.5) is 16.2 Å². The number of aliphatic imine (C=N–C) groups is 1. The third-order valence-electron chi connectivity index (χ3n) is 3.85. The SMILES string of the molecule is CNC(=O)NC(Cc1ccc(NC(=O)c2cccc(N=C(N)N)c2)cc1)C(=O)O. The van der Waals surface area contributed by atoms with Crippen molar-refractivity contribution in [3.05, 3.63) is 59.7 Å². The molecule has 0 saturated heterocycles. The molecular weight excluding hydrogens is 376 g/mol. The number of carboxylic acids is 1. The fraction of sp³-hybridized carbons (Fsp3) is 0.158. The number of hydrogen-bond acceptors (Lipinski definition) is 4. The highest BCUT2D eigenvalue weighted by Crippen LogP contribution is 2.17. The van der Waals surface area contributed by atoms with Crippen LogP contribution < -0.4 is 27.4 Å². The maximum atomic E-state index is 12.4. The minimum absolute atomic E-state index is 0.0948.